The predicted molar refractivity (Wildman–Crippen MR) is 125 cm³/mol. The van der Waals surface area contributed by atoms with Crippen LogP contribution in [0.4, 0.5) is 19.0 Å². The van der Waals surface area contributed by atoms with Gasteiger partial charge in [-0.3, -0.25) is 0 Å². The molecule has 4 rings (SSSR count). The van der Waals surface area contributed by atoms with Crippen molar-refractivity contribution in [2.75, 3.05) is 12.4 Å². The fourth-order valence-corrected chi connectivity index (χ4v) is 4.04. The Hall–Kier alpha value is -3.45. The number of fused-ring (bicyclic) bond motifs is 1. The van der Waals surface area contributed by atoms with E-state index in [2.05, 4.69) is 25.1 Å². The lowest BCUT2D eigenvalue weighted by Crippen LogP contribution is -2.41. The number of aryl methyl sites for hydroxylation is 1. The Morgan fingerprint density at radius 1 is 1.23 bits per heavy atom. The largest absolute Gasteiger partial charge is 0.481 e. The van der Waals surface area contributed by atoms with E-state index in [1.165, 1.54) is 19.2 Å². The van der Waals surface area contributed by atoms with E-state index < -0.39 is 34.5 Å². The third kappa shape index (κ3) is 4.14. The minimum absolute atomic E-state index is 0.0163. The van der Waals surface area contributed by atoms with Crippen LogP contribution in [0.15, 0.2) is 24.3 Å². The second-order valence-corrected chi connectivity index (χ2v) is 9.39. The number of hydrogen-bond acceptors (Lipinski definition) is 6. The third-order valence-corrected chi connectivity index (χ3v) is 6.35. The van der Waals surface area contributed by atoms with Gasteiger partial charge < -0.3 is 20.0 Å². The van der Waals surface area contributed by atoms with Gasteiger partial charge in [-0.25, -0.2) is 20.9 Å². The number of pyridine rings is 1. The number of nitrogens with zero attached hydrogens (tertiary/aromatic N) is 4. The van der Waals surface area contributed by atoms with Crippen molar-refractivity contribution < 1.29 is 23.0 Å². The van der Waals surface area contributed by atoms with Crippen molar-refractivity contribution in [1.29, 1.82) is 0 Å². The molecule has 0 saturated heterocycles. The number of benzene rings is 1. The molecular formula is C25H26F3N5O2. The molecule has 0 unspecified atom stereocenters. The number of anilines is 1. The number of ether oxygens (including phenoxy) is 1. The molecule has 184 valence electrons. The van der Waals surface area contributed by atoms with Gasteiger partial charge in [-0.1, -0.05) is 12.1 Å². The second-order valence-electron chi connectivity index (χ2n) is 9.39. The topological polar surface area (TPSA) is 84.5 Å². The number of aromatic nitrogens is 3. The molecule has 10 heteroatoms. The lowest BCUT2D eigenvalue weighted by molar-refractivity contribution is -0.170. The van der Waals surface area contributed by atoms with Gasteiger partial charge in [0.25, 0.3) is 5.54 Å². The molecule has 7 nitrogen and oxygen atoms in total. The fourth-order valence-electron chi connectivity index (χ4n) is 4.04. The molecular weight excluding hydrogens is 459 g/mol. The Morgan fingerprint density at radius 3 is 2.49 bits per heavy atom. The molecule has 1 aliphatic carbocycles. The van der Waals surface area contributed by atoms with Crippen LogP contribution in [0.1, 0.15) is 62.2 Å². The second kappa shape index (κ2) is 8.34. The summed E-state index contributed by atoms with van der Waals surface area (Å²) in [4.78, 5) is 17.1. The summed E-state index contributed by atoms with van der Waals surface area (Å²) >= 11 is 0. The first-order valence-corrected chi connectivity index (χ1v) is 11.1. The Bertz CT molecular complexity index is 1340. The highest BCUT2D eigenvalue weighted by molar-refractivity contribution is 5.88. The zero-order chi connectivity index (χ0) is 25.8. The summed E-state index contributed by atoms with van der Waals surface area (Å²) < 4.78 is 50.2. The number of hydrogen-bond donors (Lipinski definition) is 2. The van der Waals surface area contributed by atoms with E-state index in [1.54, 1.807) is 19.9 Å². The molecule has 0 spiro atoms. The Kier molecular flexibility index (Phi) is 5.88. The summed E-state index contributed by atoms with van der Waals surface area (Å²) in [6, 6.07) is 4.68. The monoisotopic (exact) mass is 485 g/mol. The van der Waals surface area contributed by atoms with Crippen molar-refractivity contribution in [2.24, 2.45) is 0 Å². The first kappa shape index (κ1) is 24.7. The highest BCUT2D eigenvalue weighted by Gasteiger charge is 2.55. The van der Waals surface area contributed by atoms with E-state index in [9.17, 15) is 13.9 Å². The minimum atomic E-state index is -3.81. The van der Waals surface area contributed by atoms with Crippen LogP contribution in [0.3, 0.4) is 0 Å². The van der Waals surface area contributed by atoms with Crippen molar-refractivity contribution in [3.05, 3.63) is 64.0 Å². The van der Waals surface area contributed by atoms with Crippen molar-refractivity contribution in [3.8, 4) is 5.88 Å². The maximum atomic E-state index is 15.3. The Morgan fingerprint density at radius 2 is 1.91 bits per heavy atom. The molecule has 35 heavy (non-hydrogen) atoms. The van der Waals surface area contributed by atoms with Gasteiger partial charge in [0.2, 0.25) is 5.88 Å². The van der Waals surface area contributed by atoms with Crippen molar-refractivity contribution >= 4 is 16.9 Å². The van der Waals surface area contributed by atoms with Gasteiger partial charge in [0, 0.05) is 18.4 Å². The van der Waals surface area contributed by atoms with Crippen LogP contribution in [-0.2, 0) is 11.5 Å². The molecule has 1 fully saturated rings. The van der Waals surface area contributed by atoms with Crippen LogP contribution in [0.25, 0.3) is 15.9 Å². The normalized spacial score (nSPS) is 16.0. The lowest BCUT2D eigenvalue weighted by Gasteiger charge is -2.30. The lowest BCUT2D eigenvalue weighted by atomic mass is 9.91. The zero-order valence-corrected chi connectivity index (χ0v) is 20.1. The van der Waals surface area contributed by atoms with Gasteiger partial charge in [0.05, 0.1) is 29.7 Å². The standard InChI is InChI=1S/C25H26F3N5O2/c1-13(15-8-7-9-17(19(15)26)25(27,28)23(3,4)34)30-20-16-12-18(24(29-5)10-11-24)22(35-6)33-21(16)32-14(2)31-20/h7-9,12-13,34H,10-11H2,1-4,6H3,(H,30,31,32,33)/t13-/m1/s1. The van der Waals surface area contributed by atoms with Crippen LogP contribution in [-0.4, -0.2) is 32.8 Å². The van der Waals surface area contributed by atoms with E-state index in [0.717, 1.165) is 19.9 Å². The van der Waals surface area contributed by atoms with Crippen LogP contribution < -0.4 is 10.1 Å². The highest BCUT2D eigenvalue weighted by atomic mass is 19.3. The smallest absolute Gasteiger partial charge is 0.303 e. The van der Waals surface area contributed by atoms with Crippen molar-refractivity contribution in [1.82, 2.24) is 15.0 Å². The van der Waals surface area contributed by atoms with E-state index in [-0.39, 0.29) is 5.56 Å². The molecule has 0 aliphatic heterocycles. The molecule has 1 saturated carbocycles. The van der Waals surface area contributed by atoms with E-state index >= 15 is 4.39 Å². The van der Waals surface area contributed by atoms with Crippen LogP contribution in [0, 0.1) is 19.3 Å². The van der Waals surface area contributed by atoms with Crippen molar-refractivity contribution in [2.45, 2.75) is 63.6 Å². The minimum Gasteiger partial charge on any atom is -0.481 e. The SMILES string of the molecule is [C-]#[N+]C1(c2cc3c(N[C@H](C)c4cccc(C(F)(F)C(C)(C)O)c4F)nc(C)nc3nc2OC)CC1. The number of nitrogens with one attached hydrogen (secondary N) is 1. The number of alkyl halides is 2. The zero-order valence-electron chi connectivity index (χ0n) is 20.1. The van der Waals surface area contributed by atoms with Crippen LogP contribution >= 0.6 is 0 Å². The molecule has 2 N–H and O–H groups in total. The van der Waals surface area contributed by atoms with Crippen LogP contribution in [0.2, 0.25) is 0 Å². The maximum absolute atomic E-state index is 15.3. The van der Waals surface area contributed by atoms with Gasteiger partial charge in [-0.15, -0.1) is 0 Å². The summed E-state index contributed by atoms with van der Waals surface area (Å²) in [5.74, 6) is -3.88. The highest BCUT2D eigenvalue weighted by Crippen LogP contribution is 2.53. The summed E-state index contributed by atoms with van der Waals surface area (Å²) in [5, 5.41) is 13.5. The molecule has 2 heterocycles. The summed E-state index contributed by atoms with van der Waals surface area (Å²) in [6.07, 6.45) is 1.36. The molecule has 2 aromatic heterocycles. The molecule has 3 aromatic rings. The molecule has 0 amide bonds. The predicted octanol–water partition coefficient (Wildman–Crippen LogP) is 5.43. The average molecular weight is 486 g/mol. The summed E-state index contributed by atoms with van der Waals surface area (Å²) in [5.41, 5.74) is -3.10. The van der Waals surface area contributed by atoms with E-state index in [0.29, 0.717) is 47.0 Å². The number of rotatable bonds is 7. The molecule has 1 atom stereocenters. The van der Waals surface area contributed by atoms with Crippen LogP contribution in [0.5, 0.6) is 5.88 Å². The molecule has 0 radical (unpaired) electrons. The third-order valence-electron chi connectivity index (χ3n) is 6.35. The Labute approximate surface area is 201 Å². The van der Waals surface area contributed by atoms with Crippen molar-refractivity contribution in [3.63, 3.8) is 0 Å². The fraction of sp³-hybridized carbons (Fsp3) is 0.440. The quantitative estimate of drug-likeness (QED) is 0.435. The Balaban J connectivity index is 1.79. The molecule has 0 bridgehead atoms. The number of aliphatic hydroxyl groups is 1. The van der Waals surface area contributed by atoms with Gasteiger partial charge in [0.1, 0.15) is 23.1 Å². The van der Waals surface area contributed by atoms with Gasteiger partial charge >= 0.3 is 5.92 Å². The van der Waals surface area contributed by atoms with Gasteiger partial charge in [-0.05, 0) is 39.8 Å². The first-order valence-electron chi connectivity index (χ1n) is 11.1. The van der Waals surface area contributed by atoms with Gasteiger partial charge in [-0.2, -0.15) is 13.8 Å². The van der Waals surface area contributed by atoms with E-state index in [1.807, 2.05) is 0 Å². The summed E-state index contributed by atoms with van der Waals surface area (Å²) in [7, 11) is 1.48. The molecule has 1 aliphatic rings. The van der Waals surface area contributed by atoms with Gasteiger partial charge in [0.15, 0.2) is 5.65 Å². The van der Waals surface area contributed by atoms with E-state index in [4.69, 9.17) is 11.3 Å². The molecule has 1 aromatic carbocycles. The maximum Gasteiger partial charge on any atom is 0.303 e. The average Bonchev–Trinajstić information content (AvgIpc) is 3.58. The summed E-state index contributed by atoms with van der Waals surface area (Å²) in [6.45, 7) is 12.8. The number of methoxy groups -OCH3 is 1. The first-order chi connectivity index (χ1) is 16.3. The number of halogens is 3.